The van der Waals surface area contributed by atoms with E-state index >= 15 is 0 Å². The van der Waals surface area contributed by atoms with Crippen LogP contribution in [0, 0.1) is 0 Å². The van der Waals surface area contributed by atoms with E-state index in [0.717, 1.165) is 25.3 Å². The third-order valence-corrected chi connectivity index (χ3v) is 4.25. The van der Waals surface area contributed by atoms with Crippen molar-refractivity contribution >= 4 is 12.0 Å². The molecule has 2 fully saturated rings. The van der Waals surface area contributed by atoms with Crippen molar-refractivity contribution in [2.75, 3.05) is 18.1 Å². The Labute approximate surface area is 120 Å². The number of halogens is 3. The Morgan fingerprint density at radius 3 is 2.81 bits per heavy atom. The molecule has 114 valence electrons. The zero-order valence-electron chi connectivity index (χ0n) is 11.4. The number of nitrogens with zero attached hydrogens (tertiary/aromatic N) is 1. The minimum atomic E-state index is -4.47. The van der Waals surface area contributed by atoms with E-state index in [2.05, 4.69) is 0 Å². The number of ether oxygens (including phenoxy) is 1. The maximum atomic E-state index is 13.3. The minimum absolute atomic E-state index is 0.00179. The van der Waals surface area contributed by atoms with Gasteiger partial charge in [0.1, 0.15) is 6.29 Å². The van der Waals surface area contributed by atoms with Gasteiger partial charge in [-0.15, -0.1) is 0 Å². The number of alkyl halides is 3. The third-order valence-electron chi connectivity index (χ3n) is 4.25. The molecule has 1 saturated carbocycles. The van der Waals surface area contributed by atoms with Gasteiger partial charge in [-0.25, -0.2) is 0 Å². The number of hydrogen-bond acceptors (Lipinski definition) is 3. The topological polar surface area (TPSA) is 29.5 Å². The van der Waals surface area contributed by atoms with Crippen LogP contribution >= 0.6 is 0 Å². The van der Waals surface area contributed by atoms with E-state index in [1.807, 2.05) is 0 Å². The van der Waals surface area contributed by atoms with Gasteiger partial charge in [0.25, 0.3) is 0 Å². The molecule has 0 bridgehead atoms. The van der Waals surface area contributed by atoms with Gasteiger partial charge in [-0.3, -0.25) is 4.79 Å². The number of fused-ring (bicyclic) bond motifs is 1. The number of hydrogen-bond donors (Lipinski definition) is 0. The first kappa shape index (κ1) is 14.4. The van der Waals surface area contributed by atoms with Gasteiger partial charge < -0.3 is 9.64 Å². The van der Waals surface area contributed by atoms with Crippen LogP contribution in [0.4, 0.5) is 18.9 Å². The smallest absolute Gasteiger partial charge is 0.374 e. The van der Waals surface area contributed by atoms with Gasteiger partial charge in [0, 0.05) is 17.8 Å². The van der Waals surface area contributed by atoms with Crippen molar-refractivity contribution in [3.05, 3.63) is 29.3 Å². The van der Waals surface area contributed by atoms with Gasteiger partial charge in [0.2, 0.25) is 0 Å². The molecule has 3 rings (SSSR count). The van der Waals surface area contributed by atoms with Crippen LogP contribution in [-0.2, 0) is 10.9 Å². The second-order valence-corrected chi connectivity index (χ2v) is 5.49. The van der Waals surface area contributed by atoms with Gasteiger partial charge in [0.15, 0.2) is 0 Å². The summed E-state index contributed by atoms with van der Waals surface area (Å²) in [6.07, 6.45) is -1.30. The van der Waals surface area contributed by atoms with Crippen molar-refractivity contribution in [2.24, 2.45) is 0 Å². The molecule has 1 saturated heterocycles. The monoisotopic (exact) mass is 299 g/mol. The Bertz CT molecular complexity index is 544. The fraction of sp³-hybridized carbons (Fsp3) is 0.533. The molecule has 0 amide bonds. The molecule has 2 atom stereocenters. The van der Waals surface area contributed by atoms with Crippen molar-refractivity contribution in [3.8, 4) is 0 Å². The van der Waals surface area contributed by atoms with Crippen LogP contribution in [0.15, 0.2) is 18.2 Å². The molecule has 21 heavy (non-hydrogen) atoms. The van der Waals surface area contributed by atoms with Crippen LogP contribution in [0.2, 0.25) is 0 Å². The zero-order valence-corrected chi connectivity index (χ0v) is 11.4. The van der Waals surface area contributed by atoms with E-state index in [1.165, 1.54) is 12.1 Å². The van der Waals surface area contributed by atoms with Crippen LogP contribution in [0.25, 0.3) is 0 Å². The lowest BCUT2D eigenvalue weighted by molar-refractivity contribution is -0.137. The SMILES string of the molecule is O=Cc1ccc(N2CCOC3CCCC32)c(C(F)(F)F)c1. The molecule has 3 nitrogen and oxygen atoms in total. The number of rotatable bonds is 2. The summed E-state index contributed by atoms with van der Waals surface area (Å²) in [6, 6.07) is 3.79. The largest absolute Gasteiger partial charge is 0.418 e. The maximum Gasteiger partial charge on any atom is 0.418 e. The van der Waals surface area contributed by atoms with Crippen LogP contribution in [-0.4, -0.2) is 31.6 Å². The average Bonchev–Trinajstić information content (AvgIpc) is 2.94. The first-order valence-electron chi connectivity index (χ1n) is 7.05. The molecular weight excluding hydrogens is 283 g/mol. The van der Waals surface area contributed by atoms with Gasteiger partial charge >= 0.3 is 6.18 Å². The third kappa shape index (κ3) is 2.64. The fourth-order valence-corrected chi connectivity index (χ4v) is 3.33. The van der Waals surface area contributed by atoms with Crippen molar-refractivity contribution in [2.45, 2.75) is 37.6 Å². The summed E-state index contributed by atoms with van der Waals surface area (Å²) >= 11 is 0. The summed E-state index contributed by atoms with van der Waals surface area (Å²) in [4.78, 5) is 12.6. The molecule has 0 aromatic heterocycles. The summed E-state index contributed by atoms with van der Waals surface area (Å²) in [5.74, 6) is 0. The zero-order chi connectivity index (χ0) is 15.0. The van der Waals surface area contributed by atoms with Crippen LogP contribution in [0.5, 0.6) is 0 Å². The number of benzene rings is 1. The molecule has 1 aromatic carbocycles. The van der Waals surface area contributed by atoms with E-state index < -0.39 is 11.7 Å². The maximum absolute atomic E-state index is 13.3. The second kappa shape index (κ2) is 5.33. The molecule has 0 N–H and O–H groups in total. The lowest BCUT2D eigenvalue weighted by Crippen LogP contribution is -2.49. The molecule has 6 heteroatoms. The molecule has 2 aliphatic rings. The Kier molecular flexibility index (Phi) is 3.65. The number of anilines is 1. The first-order valence-corrected chi connectivity index (χ1v) is 7.05. The highest BCUT2D eigenvalue weighted by Crippen LogP contribution is 2.41. The van der Waals surface area contributed by atoms with Crippen LogP contribution in [0.3, 0.4) is 0 Å². The van der Waals surface area contributed by atoms with Gasteiger partial charge in [-0.2, -0.15) is 13.2 Å². The second-order valence-electron chi connectivity index (χ2n) is 5.49. The summed E-state index contributed by atoms with van der Waals surface area (Å²) in [6.45, 7) is 0.887. The molecule has 0 radical (unpaired) electrons. The fourth-order valence-electron chi connectivity index (χ4n) is 3.33. The Morgan fingerprint density at radius 1 is 1.29 bits per heavy atom. The van der Waals surface area contributed by atoms with Crippen molar-refractivity contribution in [3.63, 3.8) is 0 Å². The van der Waals surface area contributed by atoms with Gasteiger partial charge in [-0.05, 0) is 37.5 Å². The Hall–Kier alpha value is -1.56. The molecule has 2 unspecified atom stereocenters. The highest BCUT2D eigenvalue weighted by molar-refractivity contribution is 5.77. The van der Waals surface area contributed by atoms with E-state index in [0.29, 0.717) is 19.4 Å². The predicted molar refractivity (Wildman–Crippen MR) is 71.6 cm³/mol. The van der Waals surface area contributed by atoms with Crippen molar-refractivity contribution in [1.29, 1.82) is 0 Å². The lowest BCUT2D eigenvalue weighted by Gasteiger charge is -2.40. The number of carbonyl (C=O) groups is 1. The summed E-state index contributed by atoms with van der Waals surface area (Å²) in [7, 11) is 0. The average molecular weight is 299 g/mol. The standard InChI is InChI=1S/C15H16F3NO2/c16-15(17,18)11-8-10(9-20)4-5-12(11)19-6-7-21-14-3-1-2-13(14)19/h4-5,8-9,13-14H,1-3,6-7H2. The van der Waals surface area contributed by atoms with Crippen molar-refractivity contribution in [1.82, 2.24) is 0 Å². The summed E-state index contributed by atoms with van der Waals surface area (Å²) in [5, 5.41) is 0. The Balaban J connectivity index is 2.02. The first-order chi connectivity index (χ1) is 10.0. The lowest BCUT2D eigenvalue weighted by atomic mass is 10.0. The van der Waals surface area contributed by atoms with Gasteiger partial charge in [0.05, 0.1) is 24.3 Å². The summed E-state index contributed by atoms with van der Waals surface area (Å²) < 4.78 is 45.5. The van der Waals surface area contributed by atoms with E-state index in [9.17, 15) is 18.0 Å². The molecular formula is C15H16F3NO2. The molecule has 1 aromatic rings. The van der Waals surface area contributed by atoms with Gasteiger partial charge in [-0.1, -0.05) is 0 Å². The van der Waals surface area contributed by atoms with Crippen LogP contribution < -0.4 is 4.90 Å². The predicted octanol–water partition coefficient (Wildman–Crippen LogP) is 3.28. The Morgan fingerprint density at radius 2 is 2.10 bits per heavy atom. The number of carbonyl (C=O) groups excluding carboxylic acids is 1. The van der Waals surface area contributed by atoms with Crippen LogP contribution in [0.1, 0.15) is 35.2 Å². The summed E-state index contributed by atoms with van der Waals surface area (Å²) in [5.41, 5.74) is -0.532. The number of morpholine rings is 1. The van der Waals surface area contributed by atoms with E-state index in [4.69, 9.17) is 4.74 Å². The highest BCUT2D eigenvalue weighted by Gasteiger charge is 2.41. The number of aldehydes is 1. The van der Waals surface area contributed by atoms with E-state index in [-0.39, 0.29) is 23.4 Å². The normalized spacial score (nSPS) is 25.8. The quantitative estimate of drug-likeness (QED) is 0.785. The molecule has 1 aliphatic heterocycles. The molecule has 0 spiro atoms. The highest BCUT2D eigenvalue weighted by atomic mass is 19.4. The van der Waals surface area contributed by atoms with E-state index in [1.54, 1.807) is 4.90 Å². The molecule has 1 aliphatic carbocycles. The molecule has 1 heterocycles. The minimum Gasteiger partial charge on any atom is -0.374 e. The van der Waals surface area contributed by atoms with Crippen molar-refractivity contribution < 1.29 is 22.7 Å².